The fraction of sp³-hybridized carbons (Fsp3) is 0.520. The number of aromatic nitrogens is 1. The van der Waals surface area contributed by atoms with Crippen LogP contribution in [0, 0.1) is 6.92 Å². The quantitative estimate of drug-likeness (QED) is 0.668. The fourth-order valence-corrected chi connectivity index (χ4v) is 5.34. The Labute approximate surface area is 192 Å². The molecule has 5 nitrogen and oxygen atoms in total. The van der Waals surface area contributed by atoms with Gasteiger partial charge in [-0.25, -0.2) is 0 Å². The normalized spacial score (nSPS) is 22.0. The minimum atomic E-state index is -4.14. The van der Waals surface area contributed by atoms with E-state index in [0.29, 0.717) is 32.2 Å². The van der Waals surface area contributed by atoms with Crippen LogP contribution >= 0.6 is 0 Å². The molecule has 2 saturated heterocycles. The molecule has 8 heteroatoms. The first-order chi connectivity index (χ1) is 15.9. The predicted octanol–water partition coefficient (Wildman–Crippen LogP) is 4.37. The smallest absolute Gasteiger partial charge is 0.367 e. The fourth-order valence-electron chi connectivity index (χ4n) is 5.34. The van der Waals surface area contributed by atoms with Gasteiger partial charge in [-0.05, 0) is 49.6 Å². The van der Waals surface area contributed by atoms with Gasteiger partial charge in [0.05, 0.1) is 23.6 Å². The summed E-state index contributed by atoms with van der Waals surface area (Å²) in [6.07, 6.45) is 0.817. The van der Waals surface area contributed by atoms with E-state index in [1.54, 1.807) is 0 Å². The molecule has 1 aromatic heterocycles. The van der Waals surface area contributed by atoms with E-state index >= 15 is 0 Å². The highest BCUT2D eigenvalue weighted by atomic mass is 19.4. The first-order valence-corrected chi connectivity index (χ1v) is 11.8. The summed E-state index contributed by atoms with van der Waals surface area (Å²) in [4.78, 5) is 15.9. The van der Waals surface area contributed by atoms with Crippen molar-refractivity contribution >= 4 is 17.1 Å². The molecule has 33 heavy (non-hydrogen) atoms. The highest BCUT2D eigenvalue weighted by Gasteiger charge is 2.35. The van der Waals surface area contributed by atoms with Gasteiger partial charge in [0.2, 0.25) is 0 Å². The average molecular weight is 458 g/mol. The minimum absolute atomic E-state index is 0.315. The van der Waals surface area contributed by atoms with Crippen LogP contribution in [0.15, 0.2) is 41.5 Å². The van der Waals surface area contributed by atoms with Gasteiger partial charge in [-0.3, -0.25) is 19.8 Å². The third-order valence-electron chi connectivity index (χ3n) is 7.06. The molecule has 0 aliphatic carbocycles. The number of pyridine rings is 1. The maximum absolute atomic E-state index is 12.7. The Morgan fingerprint density at radius 2 is 1.85 bits per heavy atom. The third-order valence-corrected chi connectivity index (χ3v) is 7.06. The molecule has 3 aliphatic heterocycles. The van der Waals surface area contributed by atoms with Crippen LogP contribution in [0.5, 0.6) is 0 Å². The van der Waals surface area contributed by atoms with Crippen molar-refractivity contribution in [3.63, 3.8) is 0 Å². The second kappa shape index (κ2) is 9.06. The Kier molecular flexibility index (Phi) is 6.14. The summed E-state index contributed by atoms with van der Waals surface area (Å²) in [5, 5.41) is 0. The lowest BCUT2D eigenvalue weighted by Crippen LogP contribution is -2.49. The monoisotopic (exact) mass is 457 g/mol. The number of benzene rings is 1. The summed E-state index contributed by atoms with van der Waals surface area (Å²) in [7, 11) is 0. The zero-order valence-electron chi connectivity index (χ0n) is 19.0. The van der Waals surface area contributed by atoms with Gasteiger partial charge in [0.25, 0.3) is 0 Å². The summed E-state index contributed by atoms with van der Waals surface area (Å²) in [6.45, 7) is 5.17. The third kappa shape index (κ3) is 4.92. The molecular weight excluding hydrogens is 427 g/mol. The number of hydrogen-bond donors (Lipinski definition) is 0. The number of nitrogens with zero attached hydrogens (tertiary/aromatic N) is 5. The molecule has 2 aromatic rings. The van der Waals surface area contributed by atoms with Gasteiger partial charge in [0.1, 0.15) is 0 Å². The van der Waals surface area contributed by atoms with E-state index in [0.717, 1.165) is 49.4 Å². The van der Waals surface area contributed by atoms with Gasteiger partial charge in [-0.1, -0.05) is 18.2 Å². The Hall–Kier alpha value is -2.45. The van der Waals surface area contributed by atoms with E-state index in [4.69, 9.17) is 4.99 Å². The van der Waals surface area contributed by atoms with Crippen molar-refractivity contribution in [2.75, 3.05) is 44.2 Å². The predicted molar refractivity (Wildman–Crippen MR) is 124 cm³/mol. The molecule has 0 N–H and O–H groups in total. The number of para-hydroxylation sites is 1. The van der Waals surface area contributed by atoms with Crippen molar-refractivity contribution in [2.24, 2.45) is 4.99 Å². The van der Waals surface area contributed by atoms with Crippen molar-refractivity contribution in [3.05, 3.63) is 53.3 Å². The molecule has 0 saturated carbocycles. The molecule has 3 aliphatic rings. The summed E-state index contributed by atoms with van der Waals surface area (Å²) >= 11 is 0. The lowest BCUT2D eigenvalue weighted by molar-refractivity contribution is -0.146. The zero-order chi connectivity index (χ0) is 23.0. The molecule has 0 radical (unpaired) electrons. The van der Waals surface area contributed by atoms with Gasteiger partial charge in [-0.2, -0.15) is 13.2 Å². The average Bonchev–Trinajstić information content (AvgIpc) is 3.41. The van der Waals surface area contributed by atoms with E-state index in [9.17, 15) is 13.2 Å². The molecule has 0 spiro atoms. The van der Waals surface area contributed by atoms with E-state index in [1.807, 2.05) is 12.3 Å². The van der Waals surface area contributed by atoms with E-state index in [2.05, 4.69) is 46.0 Å². The summed E-state index contributed by atoms with van der Waals surface area (Å²) in [5.41, 5.74) is 6.84. The van der Waals surface area contributed by atoms with Crippen LogP contribution in [-0.4, -0.2) is 72.0 Å². The SMILES string of the molecule is Cc1cccnc1CN1CCCC1C1=Nc2c(cccc2N2CCN(CC(F)(F)F)CC2)C1. The molecule has 1 atom stereocenters. The number of anilines is 1. The second-order valence-electron chi connectivity index (χ2n) is 9.34. The first kappa shape index (κ1) is 22.3. The van der Waals surface area contributed by atoms with E-state index in [1.165, 1.54) is 21.7 Å². The first-order valence-electron chi connectivity index (χ1n) is 11.8. The van der Waals surface area contributed by atoms with Crippen LogP contribution in [0.2, 0.25) is 0 Å². The number of likely N-dealkylation sites (tertiary alicyclic amines) is 1. The molecule has 176 valence electrons. The number of piperazine rings is 1. The summed E-state index contributed by atoms with van der Waals surface area (Å²) < 4.78 is 38.2. The molecule has 5 rings (SSSR count). The van der Waals surface area contributed by atoms with Crippen molar-refractivity contribution in [3.8, 4) is 0 Å². The number of halogens is 3. The van der Waals surface area contributed by atoms with Crippen LogP contribution in [0.25, 0.3) is 0 Å². The number of aryl methyl sites for hydroxylation is 1. The van der Waals surface area contributed by atoms with Crippen molar-refractivity contribution < 1.29 is 13.2 Å². The molecule has 2 fully saturated rings. The molecular formula is C25H30F3N5. The standard InChI is InChI=1S/C25H30F3N5/c1-18-5-3-9-29-21(18)16-33-10-4-8-22(33)20-15-19-6-2-7-23(24(19)30-20)32-13-11-31(12-14-32)17-25(26,27)28/h2-3,5-7,9,22H,4,8,10-17H2,1H3. The largest absolute Gasteiger partial charge is 0.401 e. The summed E-state index contributed by atoms with van der Waals surface area (Å²) in [5.74, 6) is 0. The Morgan fingerprint density at radius 3 is 2.61 bits per heavy atom. The Bertz CT molecular complexity index is 1030. The van der Waals surface area contributed by atoms with Gasteiger partial charge >= 0.3 is 6.18 Å². The second-order valence-corrected chi connectivity index (χ2v) is 9.34. The van der Waals surface area contributed by atoms with Crippen LogP contribution in [0.3, 0.4) is 0 Å². The van der Waals surface area contributed by atoms with Crippen molar-refractivity contribution in [1.82, 2.24) is 14.8 Å². The van der Waals surface area contributed by atoms with Gasteiger partial charge < -0.3 is 4.90 Å². The van der Waals surface area contributed by atoms with E-state index < -0.39 is 12.7 Å². The molecule has 0 bridgehead atoms. The molecule has 1 unspecified atom stereocenters. The number of aliphatic imine (C=N–C) groups is 1. The van der Waals surface area contributed by atoms with E-state index in [-0.39, 0.29) is 0 Å². The minimum Gasteiger partial charge on any atom is -0.367 e. The van der Waals surface area contributed by atoms with Crippen LogP contribution in [0.1, 0.15) is 29.7 Å². The zero-order valence-corrected chi connectivity index (χ0v) is 19.0. The lowest BCUT2D eigenvalue weighted by atomic mass is 10.0. The van der Waals surface area contributed by atoms with Gasteiger partial charge in [0, 0.05) is 57.1 Å². The Morgan fingerprint density at radius 1 is 1.03 bits per heavy atom. The number of hydrogen-bond acceptors (Lipinski definition) is 5. The number of alkyl halides is 3. The number of fused-ring (bicyclic) bond motifs is 1. The highest BCUT2D eigenvalue weighted by molar-refractivity contribution is 6.00. The maximum atomic E-state index is 12.7. The number of rotatable bonds is 5. The topological polar surface area (TPSA) is 35.0 Å². The highest BCUT2D eigenvalue weighted by Crippen LogP contribution is 2.39. The van der Waals surface area contributed by atoms with Crippen LogP contribution in [0.4, 0.5) is 24.5 Å². The van der Waals surface area contributed by atoms with Gasteiger partial charge in [-0.15, -0.1) is 0 Å². The summed E-state index contributed by atoms with van der Waals surface area (Å²) in [6, 6.07) is 10.7. The maximum Gasteiger partial charge on any atom is 0.401 e. The van der Waals surface area contributed by atoms with Gasteiger partial charge in [0.15, 0.2) is 0 Å². The Balaban J connectivity index is 1.30. The van der Waals surface area contributed by atoms with Crippen molar-refractivity contribution in [2.45, 2.75) is 44.9 Å². The van der Waals surface area contributed by atoms with Crippen LogP contribution in [-0.2, 0) is 13.0 Å². The van der Waals surface area contributed by atoms with Crippen LogP contribution < -0.4 is 4.90 Å². The molecule has 4 heterocycles. The molecule has 1 aromatic carbocycles. The molecule has 0 amide bonds. The lowest BCUT2D eigenvalue weighted by Gasteiger charge is -2.36. The van der Waals surface area contributed by atoms with Crippen molar-refractivity contribution in [1.29, 1.82) is 0 Å².